The Balaban J connectivity index is 2.01. The number of aromatic hydroxyl groups is 1. The number of halogens is 1. The molecule has 7 heteroatoms. The van der Waals surface area contributed by atoms with Gasteiger partial charge in [-0.3, -0.25) is 14.6 Å². The zero-order valence-corrected chi connectivity index (χ0v) is 18.0. The fourth-order valence-corrected chi connectivity index (χ4v) is 3.97. The Bertz CT molecular complexity index is 1250. The molecule has 1 amide bonds. The van der Waals surface area contributed by atoms with Crippen molar-refractivity contribution in [2.24, 2.45) is 12.0 Å². The number of aliphatic imine (C=N–C) groups is 1. The van der Waals surface area contributed by atoms with Gasteiger partial charge in [0.05, 0.1) is 18.2 Å². The molecule has 2 aromatic carbocycles. The number of phenols is 1. The summed E-state index contributed by atoms with van der Waals surface area (Å²) in [5, 5.41) is 13.6. The highest BCUT2D eigenvalue weighted by atomic mass is 35.5. The van der Waals surface area contributed by atoms with Gasteiger partial charge in [-0.2, -0.15) is 0 Å². The van der Waals surface area contributed by atoms with E-state index in [-0.39, 0.29) is 23.6 Å². The van der Waals surface area contributed by atoms with Gasteiger partial charge in [-0.15, -0.1) is 0 Å². The molecule has 6 nitrogen and oxygen atoms in total. The highest BCUT2D eigenvalue weighted by molar-refractivity contribution is 6.30. The predicted octanol–water partition coefficient (Wildman–Crippen LogP) is 3.83. The molecule has 2 heterocycles. The first-order valence-electron chi connectivity index (χ1n) is 10.0. The molecule has 3 aromatic rings. The molecule has 0 aliphatic carbocycles. The van der Waals surface area contributed by atoms with Gasteiger partial charge in [-0.05, 0) is 48.4 Å². The zero-order chi connectivity index (χ0) is 22.1. The molecule has 1 unspecified atom stereocenters. The summed E-state index contributed by atoms with van der Waals surface area (Å²) < 4.78 is 1.51. The molecule has 0 fully saturated rings. The third kappa shape index (κ3) is 4.11. The van der Waals surface area contributed by atoms with Crippen molar-refractivity contribution in [3.05, 3.63) is 86.8 Å². The van der Waals surface area contributed by atoms with E-state index in [1.165, 1.54) is 4.57 Å². The minimum atomic E-state index is -0.560. The largest absolute Gasteiger partial charge is 0.508 e. The summed E-state index contributed by atoms with van der Waals surface area (Å²) in [6, 6.07) is 13.3. The van der Waals surface area contributed by atoms with Crippen LogP contribution in [-0.4, -0.2) is 27.8 Å². The molecule has 0 saturated heterocycles. The van der Waals surface area contributed by atoms with Crippen LogP contribution in [0.4, 0.5) is 0 Å². The molecule has 31 heavy (non-hydrogen) atoms. The van der Waals surface area contributed by atoms with Gasteiger partial charge in [0.1, 0.15) is 5.75 Å². The van der Waals surface area contributed by atoms with Crippen molar-refractivity contribution in [2.45, 2.75) is 19.4 Å². The molecule has 1 aliphatic heterocycles. The maximum absolute atomic E-state index is 12.5. The molecule has 1 aromatic heterocycles. The van der Waals surface area contributed by atoms with E-state index in [4.69, 9.17) is 16.6 Å². The molecule has 158 valence electrons. The molecule has 1 atom stereocenters. The second kappa shape index (κ2) is 8.40. The number of amides is 1. The van der Waals surface area contributed by atoms with Crippen molar-refractivity contribution in [1.29, 1.82) is 0 Å². The zero-order valence-electron chi connectivity index (χ0n) is 17.2. The lowest BCUT2D eigenvalue weighted by molar-refractivity contribution is -0.121. The Morgan fingerprint density at radius 2 is 1.87 bits per heavy atom. The van der Waals surface area contributed by atoms with Crippen LogP contribution in [0.3, 0.4) is 0 Å². The average molecular weight is 436 g/mol. The third-order valence-corrected chi connectivity index (χ3v) is 5.58. The van der Waals surface area contributed by atoms with Gasteiger partial charge in [0.15, 0.2) is 0 Å². The van der Waals surface area contributed by atoms with Crippen molar-refractivity contribution in [2.75, 3.05) is 6.54 Å². The van der Waals surface area contributed by atoms with E-state index >= 15 is 0 Å². The second-order valence-corrected chi connectivity index (χ2v) is 7.92. The Kier molecular flexibility index (Phi) is 5.65. The maximum Gasteiger partial charge on any atom is 0.250 e. The van der Waals surface area contributed by atoms with E-state index in [1.54, 1.807) is 43.6 Å². The fourth-order valence-electron chi connectivity index (χ4n) is 3.84. The van der Waals surface area contributed by atoms with Gasteiger partial charge in [0, 0.05) is 47.6 Å². The number of pyridine rings is 1. The van der Waals surface area contributed by atoms with E-state index in [0.717, 1.165) is 22.3 Å². The van der Waals surface area contributed by atoms with Crippen LogP contribution in [-0.2, 0) is 11.8 Å². The van der Waals surface area contributed by atoms with Crippen molar-refractivity contribution in [3.8, 4) is 16.9 Å². The summed E-state index contributed by atoms with van der Waals surface area (Å²) in [6.07, 6.45) is 1.86. The number of aryl methyl sites for hydroxylation is 1. The lowest BCUT2D eigenvalue weighted by Crippen LogP contribution is -2.25. The topological polar surface area (TPSA) is 83.7 Å². The third-order valence-electron chi connectivity index (χ3n) is 5.32. The van der Waals surface area contributed by atoms with Crippen molar-refractivity contribution >= 4 is 23.2 Å². The molecule has 0 spiro atoms. The number of hydrogen-bond acceptors (Lipinski definition) is 4. The van der Waals surface area contributed by atoms with Crippen LogP contribution in [0.2, 0.25) is 5.02 Å². The number of aromatic nitrogens is 1. The summed E-state index contributed by atoms with van der Waals surface area (Å²) in [5.74, 6) is -0.0407. The molecule has 2 N–H and O–H groups in total. The summed E-state index contributed by atoms with van der Waals surface area (Å²) in [7, 11) is 1.69. The summed E-state index contributed by atoms with van der Waals surface area (Å²) in [4.78, 5) is 29.9. The van der Waals surface area contributed by atoms with Crippen LogP contribution in [0.15, 0.2) is 64.5 Å². The van der Waals surface area contributed by atoms with Crippen LogP contribution in [0.5, 0.6) is 5.75 Å². The summed E-state index contributed by atoms with van der Waals surface area (Å²) in [5.41, 5.74) is 4.30. The quantitative estimate of drug-likeness (QED) is 0.653. The second-order valence-electron chi connectivity index (χ2n) is 7.48. The maximum atomic E-state index is 12.5. The van der Waals surface area contributed by atoms with E-state index in [1.807, 2.05) is 25.1 Å². The van der Waals surface area contributed by atoms with Gasteiger partial charge < -0.3 is 15.0 Å². The number of nitrogens with one attached hydrogen (secondary N) is 1. The summed E-state index contributed by atoms with van der Waals surface area (Å²) >= 11 is 6.08. The Morgan fingerprint density at radius 3 is 2.58 bits per heavy atom. The van der Waals surface area contributed by atoms with Crippen LogP contribution < -0.4 is 10.9 Å². The first kappa shape index (κ1) is 20.9. The Labute approximate surface area is 184 Å². The van der Waals surface area contributed by atoms with Gasteiger partial charge >= 0.3 is 0 Å². The van der Waals surface area contributed by atoms with Crippen molar-refractivity contribution < 1.29 is 9.90 Å². The number of benzene rings is 2. The number of fused-ring (bicyclic) bond motifs is 3. The number of phenolic OH excluding ortho intramolecular Hbond substituents is 1. The van der Waals surface area contributed by atoms with E-state index < -0.39 is 6.04 Å². The molecular weight excluding hydrogens is 414 g/mol. The van der Waals surface area contributed by atoms with Gasteiger partial charge in [-0.1, -0.05) is 23.7 Å². The Morgan fingerprint density at radius 1 is 1.13 bits per heavy atom. The lowest BCUT2D eigenvalue weighted by Gasteiger charge is -2.16. The SMILES string of the molecule is CCNC(=O)CC1N=C(c2ccc(Cl)cc2)c2cc(O)ccc2-c2cn(C)c(=O)cc21. The summed E-state index contributed by atoms with van der Waals surface area (Å²) in [6.45, 7) is 2.37. The number of nitrogens with zero attached hydrogens (tertiary/aromatic N) is 2. The number of carbonyl (C=O) groups is 1. The normalized spacial score (nSPS) is 14.8. The van der Waals surface area contributed by atoms with Gasteiger partial charge in [-0.25, -0.2) is 0 Å². The molecule has 0 saturated carbocycles. The number of hydrogen-bond donors (Lipinski definition) is 2. The van der Waals surface area contributed by atoms with Gasteiger partial charge in [0.2, 0.25) is 5.91 Å². The van der Waals surface area contributed by atoms with E-state index in [0.29, 0.717) is 22.8 Å². The molecule has 0 bridgehead atoms. The van der Waals surface area contributed by atoms with Crippen LogP contribution in [0.1, 0.15) is 36.1 Å². The number of carbonyl (C=O) groups excluding carboxylic acids is 1. The monoisotopic (exact) mass is 435 g/mol. The van der Waals surface area contributed by atoms with E-state index in [9.17, 15) is 14.7 Å². The highest BCUT2D eigenvalue weighted by Crippen LogP contribution is 2.39. The first-order chi connectivity index (χ1) is 14.9. The van der Waals surface area contributed by atoms with Crippen LogP contribution >= 0.6 is 11.6 Å². The average Bonchev–Trinajstić information content (AvgIpc) is 2.85. The lowest BCUT2D eigenvalue weighted by atomic mass is 9.91. The van der Waals surface area contributed by atoms with Crippen LogP contribution in [0, 0.1) is 0 Å². The Hall–Kier alpha value is -3.38. The highest BCUT2D eigenvalue weighted by Gasteiger charge is 2.27. The van der Waals surface area contributed by atoms with Crippen molar-refractivity contribution in [3.63, 3.8) is 0 Å². The molecule has 4 rings (SSSR count). The number of rotatable bonds is 4. The predicted molar refractivity (Wildman–Crippen MR) is 122 cm³/mol. The molecule has 1 aliphatic rings. The fraction of sp³-hybridized carbons (Fsp3) is 0.208. The minimum absolute atomic E-state index is 0.102. The molecule has 0 radical (unpaired) electrons. The standard InChI is InChI=1S/C24H22ClN3O3/c1-3-26-22(30)12-21-18-11-23(31)28(2)13-20(18)17-9-8-16(29)10-19(17)24(27-21)14-4-6-15(25)7-5-14/h4-11,13,21,29H,3,12H2,1-2H3,(H,26,30). The first-order valence-corrected chi connectivity index (χ1v) is 10.4. The minimum Gasteiger partial charge on any atom is -0.508 e. The van der Waals surface area contributed by atoms with Crippen molar-refractivity contribution in [1.82, 2.24) is 9.88 Å². The smallest absolute Gasteiger partial charge is 0.250 e. The van der Waals surface area contributed by atoms with E-state index in [2.05, 4.69) is 5.32 Å². The molecular formula is C24H22ClN3O3. The van der Waals surface area contributed by atoms with Crippen LogP contribution in [0.25, 0.3) is 11.1 Å². The van der Waals surface area contributed by atoms with Gasteiger partial charge in [0.25, 0.3) is 5.56 Å².